The number of aromatic nitrogens is 2. The summed E-state index contributed by atoms with van der Waals surface area (Å²) in [6.07, 6.45) is 3.82. The van der Waals surface area contributed by atoms with E-state index >= 15 is 0 Å². The van der Waals surface area contributed by atoms with Gasteiger partial charge in [-0.1, -0.05) is 13.8 Å². The summed E-state index contributed by atoms with van der Waals surface area (Å²) in [7, 11) is 1.48. The van der Waals surface area contributed by atoms with E-state index in [4.69, 9.17) is 9.47 Å². The van der Waals surface area contributed by atoms with E-state index < -0.39 is 0 Å². The molecule has 0 unspecified atom stereocenters. The summed E-state index contributed by atoms with van der Waals surface area (Å²) in [6, 6.07) is 4.72. The number of hydrogen-bond donors (Lipinski definition) is 0. The summed E-state index contributed by atoms with van der Waals surface area (Å²) in [5.41, 5.74) is 0.101. The van der Waals surface area contributed by atoms with Crippen LogP contribution in [0.15, 0.2) is 35.4 Å². The fourth-order valence-corrected chi connectivity index (χ4v) is 1.98. The van der Waals surface area contributed by atoms with Crippen molar-refractivity contribution in [2.24, 2.45) is 5.92 Å². The zero-order chi connectivity index (χ0) is 16.1. The predicted octanol–water partition coefficient (Wildman–Crippen LogP) is 2.51. The molecule has 0 fully saturated rings. The molecule has 6 nitrogen and oxygen atoms in total. The summed E-state index contributed by atoms with van der Waals surface area (Å²) < 4.78 is 12.3. The van der Waals surface area contributed by atoms with E-state index in [0.29, 0.717) is 30.1 Å². The maximum Gasteiger partial charge on any atom is 0.313 e. The number of nitrogens with zero attached hydrogens (tertiary/aromatic N) is 2. The normalized spacial score (nSPS) is 10.5. The molecule has 0 bridgehead atoms. The molecule has 0 spiro atoms. The molecule has 0 N–H and O–H groups in total. The molecule has 0 aliphatic heterocycles. The first-order valence-corrected chi connectivity index (χ1v) is 6.91. The fraction of sp³-hybridized carbons (Fsp3) is 0.312. The van der Waals surface area contributed by atoms with Crippen LogP contribution in [0.3, 0.4) is 0 Å². The molecule has 116 valence electrons. The molecule has 1 aromatic heterocycles. The molecule has 0 radical (unpaired) electrons. The third-order valence-electron chi connectivity index (χ3n) is 2.97. The standard InChI is InChI=1S/C16H18N2O4/c1-11(2)9-18-7-6-17-15(16(18)20)22-14-8-12(10-19)4-5-13(14)21-3/h4-8,10-11H,9H2,1-3H3. The Balaban J connectivity index is 2.39. The highest BCUT2D eigenvalue weighted by molar-refractivity contribution is 5.76. The SMILES string of the molecule is COc1ccc(C=O)cc1Oc1nccn(CC(C)C)c1=O. The van der Waals surface area contributed by atoms with Gasteiger partial charge in [0.1, 0.15) is 6.29 Å². The van der Waals surface area contributed by atoms with E-state index in [1.54, 1.807) is 22.9 Å². The third-order valence-corrected chi connectivity index (χ3v) is 2.97. The van der Waals surface area contributed by atoms with Gasteiger partial charge in [0, 0.05) is 24.5 Å². The molecule has 22 heavy (non-hydrogen) atoms. The summed E-state index contributed by atoms with van der Waals surface area (Å²) >= 11 is 0. The summed E-state index contributed by atoms with van der Waals surface area (Å²) in [6.45, 7) is 4.61. The fourth-order valence-electron chi connectivity index (χ4n) is 1.98. The Morgan fingerprint density at radius 3 is 2.73 bits per heavy atom. The summed E-state index contributed by atoms with van der Waals surface area (Å²) in [5, 5.41) is 0. The average molecular weight is 302 g/mol. The Bertz CT molecular complexity index is 722. The van der Waals surface area contributed by atoms with Crippen molar-refractivity contribution in [2.45, 2.75) is 20.4 Å². The molecule has 2 aromatic rings. The van der Waals surface area contributed by atoms with Gasteiger partial charge in [0.05, 0.1) is 7.11 Å². The number of benzene rings is 1. The van der Waals surface area contributed by atoms with Crippen molar-refractivity contribution in [2.75, 3.05) is 7.11 Å². The zero-order valence-electron chi connectivity index (χ0n) is 12.8. The first-order chi connectivity index (χ1) is 10.5. The minimum atomic E-state index is -0.324. The highest BCUT2D eigenvalue weighted by Crippen LogP contribution is 2.30. The Labute approximate surface area is 128 Å². The Morgan fingerprint density at radius 1 is 1.32 bits per heavy atom. The smallest absolute Gasteiger partial charge is 0.313 e. The van der Waals surface area contributed by atoms with Gasteiger partial charge in [-0.15, -0.1) is 0 Å². The lowest BCUT2D eigenvalue weighted by Crippen LogP contribution is -2.23. The number of methoxy groups -OCH3 is 1. The first-order valence-electron chi connectivity index (χ1n) is 6.91. The lowest BCUT2D eigenvalue weighted by Gasteiger charge is -2.12. The number of carbonyl (C=O) groups is 1. The minimum absolute atomic E-state index is 0.0514. The van der Waals surface area contributed by atoms with Crippen LogP contribution in [0.5, 0.6) is 17.4 Å². The maximum atomic E-state index is 12.3. The van der Waals surface area contributed by atoms with Gasteiger partial charge in [0.15, 0.2) is 11.5 Å². The van der Waals surface area contributed by atoms with Gasteiger partial charge in [0.2, 0.25) is 0 Å². The van der Waals surface area contributed by atoms with Crippen molar-refractivity contribution < 1.29 is 14.3 Å². The monoisotopic (exact) mass is 302 g/mol. The molecule has 0 aliphatic carbocycles. The number of carbonyl (C=O) groups excluding carboxylic acids is 1. The van der Waals surface area contributed by atoms with Crippen molar-refractivity contribution in [3.05, 3.63) is 46.5 Å². The molecule has 0 saturated heterocycles. The van der Waals surface area contributed by atoms with Crippen LogP contribution in [0.4, 0.5) is 0 Å². The van der Waals surface area contributed by atoms with Crippen LogP contribution in [-0.4, -0.2) is 22.9 Å². The highest BCUT2D eigenvalue weighted by atomic mass is 16.5. The second-order valence-electron chi connectivity index (χ2n) is 5.21. The summed E-state index contributed by atoms with van der Waals surface area (Å²) in [5.74, 6) is 0.968. The van der Waals surface area contributed by atoms with Crippen molar-refractivity contribution in [1.29, 1.82) is 0 Å². The largest absolute Gasteiger partial charge is 0.493 e. The van der Waals surface area contributed by atoms with Crippen LogP contribution in [0.25, 0.3) is 0 Å². The molecular formula is C16H18N2O4. The van der Waals surface area contributed by atoms with Crippen LogP contribution in [0.1, 0.15) is 24.2 Å². The minimum Gasteiger partial charge on any atom is -0.493 e. The molecule has 6 heteroatoms. The lowest BCUT2D eigenvalue weighted by atomic mass is 10.2. The van der Waals surface area contributed by atoms with Crippen LogP contribution >= 0.6 is 0 Å². The van der Waals surface area contributed by atoms with E-state index in [1.165, 1.54) is 19.4 Å². The Kier molecular flexibility index (Phi) is 4.93. The second kappa shape index (κ2) is 6.89. The van der Waals surface area contributed by atoms with Gasteiger partial charge >= 0.3 is 5.56 Å². The van der Waals surface area contributed by atoms with Crippen molar-refractivity contribution >= 4 is 6.29 Å². The molecule has 0 aliphatic rings. The van der Waals surface area contributed by atoms with E-state index in [1.807, 2.05) is 13.8 Å². The molecule has 2 rings (SSSR count). The highest BCUT2D eigenvalue weighted by Gasteiger charge is 2.12. The lowest BCUT2D eigenvalue weighted by molar-refractivity contribution is 0.112. The maximum absolute atomic E-state index is 12.3. The van der Waals surface area contributed by atoms with E-state index in [9.17, 15) is 9.59 Å². The van der Waals surface area contributed by atoms with Gasteiger partial charge in [-0.2, -0.15) is 0 Å². The zero-order valence-corrected chi connectivity index (χ0v) is 12.8. The Hall–Kier alpha value is -2.63. The quantitative estimate of drug-likeness (QED) is 0.767. The summed E-state index contributed by atoms with van der Waals surface area (Å²) in [4.78, 5) is 27.2. The molecular weight excluding hydrogens is 284 g/mol. The van der Waals surface area contributed by atoms with Gasteiger partial charge in [-0.3, -0.25) is 9.59 Å². The van der Waals surface area contributed by atoms with Crippen molar-refractivity contribution in [1.82, 2.24) is 9.55 Å². The van der Waals surface area contributed by atoms with Crippen molar-refractivity contribution in [3.63, 3.8) is 0 Å². The van der Waals surface area contributed by atoms with Gasteiger partial charge in [-0.25, -0.2) is 4.98 Å². The third kappa shape index (κ3) is 3.52. The van der Waals surface area contributed by atoms with Crippen LogP contribution < -0.4 is 15.0 Å². The number of rotatable bonds is 6. The molecule has 0 atom stereocenters. The topological polar surface area (TPSA) is 70.4 Å². The predicted molar refractivity (Wildman–Crippen MR) is 81.8 cm³/mol. The number of hydrogen-bond acceptors (Lipinski definition) is 5. The second-order valence-corrected chi connectivity index (χ2v) is 5.21. The molecule has 0 amide bonds. The molecule has 1 heterocycles. The average Bonchev–Trinajstić information content (AvgIpc) is 2.50. The van der Waals surface area contributed by atoms with Gasteiger partial charge in [-0.05, 0) is 24.1 Å². The van der Waals surface area contributed by atoms with Crippen LogP contribution in [0, 0.1) is 5.92 Å². The van der Waals surface area contributed by atoms with Gasteiger partial charge in [0.25, 0.3) is 5.88 Å². The van der Waals surface area contributed by atoms with Crippen LogP contribution in [0.2, 0.25) is 0 Å². The number of aldehydes is 1. The van der Waals surface area contributed by atoms with E-state index in [2.05, 4.69) is 4.98 Å². The van der Waals surface area contributed by atoms with Gasteiger partial charge < -0.3 is 14.0 Å². The molecule has 1 aromatic carbocycles. The van der Waals surface area contributed by atoms with Crippen LogP contribution in [-0.2, 0) is 6.54 Å². The van der Waals surface area contributed by atoms with E-state index in [-0.39, 0.29) is 17.2 Å². The Morgan fingerprint density at radius 2 is 2.09 bits per heavy atom. The van der Waals surface area contributed by atoms with E-state index in [0.717, 1.165) is 0 Å². The van der Waals surface area contributed by atoms with Crippen molar-refractivity contribution in [3.8, 4) is 17.4 Å². The molecule has 0 saturated carbocycles. The first kappa shape index (κ1) is 15.8. The number of ether oxygens (including phenoxy) is 2.